The highest BCUT2D eigenvalue weighted by atomic mass is 35.5. The Labute approximate surface area is 176 Å². The number of ketones is 1. The van der Waals surface area contributed by atoms with Crippen LogP contribution in [0, 0.1) is 12.8 Å². The first-order chi connectivity index (χ1) is 13.6. The molecule has 5 nitrogen and oxygen atoms in total. The van der Waals surface area contributed by atoms with E-state index in [1.807, 2.05) is 32.9 Å². The molecule has 2 heterocycles. The van der Waals surface area contributed by atoms with Gasteiger partial charge in [0.05, 0.1) is 11.7 Å². The number of hydrogen-bond donors (Lipinski definition) is 0. The Morgan fingerprint density at radius 3 is 2.55 bits per heavy atom. The molecule has 156 valence electrons. The smallest absolute Gasteiger partial charge is 0.339 e. The summed E-state index contributed by atoms with van der Waals surface area (Å²) in [6.45, 7) is 9.14. The first-order valence-electron chi connectivity index (χ1n) is 9.83. The Balaban J connectivity index is 2.03. The van der Waals surface area contributed by atoms with E-state index in [0.29, 0.717) is 22.6 Å². The Morgan fingerprint density at radius 1 is 1.10 bits per heavy atom. The van der Waals surface area contributed by atoms with Gasteiger partial charge in [-0.25, -0.2) is 4.79 Å². The average Bonchev–Trinajstić information content (AvgIpc) is 2.92. The monoisotopic (exact) mass is 418 g/mol. The van der Waals surface area contributed by atoms with Crippen molar-refractivity contribution in [1.82, 2.24) is 0 Å². The van der Waals surface area contributed by atoms with Crippen LogP contribution in [0.2, 0.25) is 5.02 Å². The molecule has 1 saturated heterocycles. The summed E-state index contributed by atoms with van der Waals surface area (Å²) in [6.07, 6.45) is 5.91. The third-order valence-corrected chi connectivity index (χ3v) is 5.48. The van der Waals surface area contributed by atoms with Gasteiger partial charge in [-0.3, -0.25) is 4.79 Å². The Morgan fingerprint density at radius 2 is 1.83 bits per heavy atom. The Hall–Kier alpha value is -1.95. The van der Waals surface area contributed by atoms with E-state index in [1.54, 1.807) is 32.1 Å². The van der Waals surface area contributed by atoms with Crippen LogP contribution in [-0.2, 0) is 19.0 Å². The maximum Gasteiger partial charge on any atom is 0.339 e. The molecule has 0 aromatic heterocycles. The fourth-order valence-electron chi connectivity index (χ4n) is 3.59. The summed E-state index contributed by atoms with van der Waals surface area (Å²) in [5.74, 6) is -1.55. The van der Waals surface area contributed by atoms with Gasteiger partial charge in [-0.2, -0.15) is 0 Å². The van der Waals surface area contributed by atoms with Gasteiger partial charge in [0.1, 0.15) is 12.2 Å². The fraction of sp³-hybridized carbons (Fsp3) is 0.478. The highest BCUT2D eigenvalue weighted by molar-refractivity contribution is 6.31. The number of cyclic esters (lactones) is 1. The fourth-order valence-corrected chi connectivity index (χ4v) is 3.87. The first-order valence-corrected chi connectivity index (χ1v) is 10.2. The summed E-state index contributed by atoms with van der Waals surface area (Å²) >= 11 is 6.22. The molecule has 1 aromatic rings. The van der Waals surface area contributed by atoms with Crippen molar-refractivity contribution in [1.29, 1.82) is 0 Å². The molecule has 0 radical (unpaired) electrons. The number of fused-ring (bicyclic) bond motifs is 2. The van der Waals surface area contributed by atoms with E-state index >= 15 is 0 Å². The van der Waals surface area contributed by atoms with Crippen LogP contribution >= 0.6 is 11.6 Å². The maximum absolute atomic E-state index is 12.9. The lowest BCUT2D eigenvalue weighted by Gasteiger charge is -2.20. The van der Waals surface area contributed by atoms with Gasteiger partial charge < -0.3 is 14.2 Å². The number of halogens is 1. The molecular formula is C23H27ClO5. The third kappa shape index (κ3) is 4.97. The van der Waals surface area contributed by atoms with Crippen LogP contribution in [0.4, 0.5) is 0 Å². The molecule has 4 atom stereocenters. The molecule has 0 saturated carbocycles. The van der Waals surface area contributed by atoms with E-state index in [-0.39, 0.29) is 11.7 Å². The number of carbonyl (C=O) groups excluding carboxylic acids is 2. The molecule has 3 rings (SSSR count). The van der Waals surface area contributed by atoms with Crippen molar-refractivity contribution in [2.75, 3.05) is 0 Å². The molecule has 6 heteroatoms. The summed E-state index contributed by atoms with van der Waals surface area (Å²) < 4.78 is 17.5. The van der Waals surface area contributed by atoms with Gasteiger partial charge in [-0.15, -0.1) is 0 Å². The normalized spacial score (nSPS) is 30.8. The highest BCUT2D eigenvalue weighted by Gasteiger charge is 2.43. The van der Waals surface area contributed by atoms with Crippen molar-refractivity contribution in [3.05, 3.63) is 52.1 Å². The molecule has 1 fully saturated rings. The predicted octanol–water partition coefficient (Wildman–Crippen LogP) is 4.89. The minimum absolute atomic E-state index is 0.147. The molecule has 0 spiro atoms. The second-order valence-electron chi connectivity index (χ2n) is 8.15. The lowest BCUT2D eigenvalue weighted by Crippen LogP contribution is -2.30. The zero-order valence-corrected chi connectivity index (χ0v) is 18.2. The minimum Gasteiger partial charge on any atom is -0.458 e. The first kappa shape index (κ1) is 21.8. The molecule has 29 heavy (non-hydrogen) atoms. The van der Waals surface area contributed by atoms with E-state index < -0.39 is 30.1 Å². The van der Waals surface area contributed by atoms with Crippen molar-refractivity contribution < 1.29 is 23.8 Å². The number of ether oxygens (including phenoxy) is 3. The summed E-state index contributed by atoms with van der Waals surface area (Å²) in [7, 11) is 0. The van der Waals surface area contributed by atoms with E-state index in [1.165, 1.54) is 6.08 Å². The Bertz CT molecular complexity index is 870. The molecule has 0 bridgehead atoms. The van der Waals surface area contributed by atoms with Crippen LogP contribution in [-0.4, -0.2) is 35.9 Å². The van der Waals surface area contributed by atoms with Crippen molar-refractivity contribution in [2.45, 2.75) is 65.1 Å². The zero-order chi connectivity index (χ0) is 21.3. The van der Waals surface area contributed by atoms with Gasteiger partial charge in [0.2, 0.25) is 0 Å². The lowest BCUT2D eigenvalue weighted by molar-refractivity contribution is -0.152. The quantitative estimate of drug-likeness (QED) is 0.561. The third-order valence-electron chi connectivity index (χ3n) is 5.26. The topological polar surface area (TPSA) is 61.8 Å². The maximum atomic E-state index is 12.9. The Kier molecular flexibility index (Phi) is 6.32. The molecule has 0 aliphatic carbocycles. The van der Waals surface area contributed by atoms with E-state index in [4.69, 9.17) is 25.8 Å². The van der Waals surface area contributed by atoms with Crippen LogP contribution in [0.3, 0.4) is 0 Å². The molecule has 0 unspecified atom stereocenters. The summed E-state index contributed by atoms with van der Waals surface area (Å²) in [6, 6.07) is 3.48. The van der Waals surface area contributed by atoms with E-state index in [0.717, 1.165) is 5.56 Å². The van der Waals surface area contributed by atoms with Gasteiger partial charge in [0.15, 0.2) is 11.6 Å². The predicted molar refractivity (Wildman–Crippen MR) is 112 cm³/mol. The number of hydrogen-bond acceptors (Lipinski definition) is 5. The number of esters is 1. The van der Waals surface area contributed by atoms with Crippen LogP contribution < -0.4 is 0 Å². The van der Waals surface area contributed by atoms with Crippen LogP contribution in [0.5, 0.6) is 0 Å². The van der Waals surface area contributed by atoms with Crippen LogP contribution in [0.1, 0.15) is 55.6 Å². The molecule has 2 aliphatic rings. The van der Waals surface area contributed by atoms with Gasteiger partial charge in [0.25, 0.3) is 0 Å². The minimum atomic E-state index is -0.837. The van der Waals surface area contributed by atoms with Crippen molar-refractivity contribution in [3.63, 3.8) is 0 Å². The molecular weight excluding hydrogens is 392 g/mol. The van der Waals surface area contributed by atoms with Gasteiger partial charge in [0, 0.05) is 10.9 Å². The average molecular weight is 419 g/mol. The van der Waals surface area contributed by atoms with Gasteiger partial charge >= 0.3 is 5.97 Å². The second-order valence-corrected chi connectivity index (χ2v) is 8.59. The summed E-state index contributed by atoms with van der Waals surface area (Å²) in [4.78, 5) is 25.6. The standard InChI is InChI=1S/C23H27ClO5/c1-13-9-10-18(25)21-19(28-23(4,5)29-21)8-6-7-16-12-17(24)11-14(2)20(16)22(26)27-15(13)3/h6-7,9-13,15,19,21H,8H2,1-5H3/b7-6?,10-9-/t13-,15+,19+,21-/m1/s1. The van der Waals surface area contributed by atoms with E-state index in [2.05, 4.69) is 0 Å². The van der Waals surface area contributed by atoms with Gasteiger partial charge in [-0.1, -0.05) is 36.8 Å². The SMILES string of the molecule is Cc1cc(Cl)cc2c1C(=O)O[C@@H](C)[C@H](C)/C=C\C(=O)[C@H]1OC(C)(C)O[C@H]1CC=C2. The zero-order valence-electron chi connectivity index (χ0n) is 17.4. The van der Waals surface area contributed by atoms with Crippen LogP contribution in [0.15, 0.2) is 30.4 Å². The summed E-state index contributed by atoms with van der Waals surface area (Å²) in [5, 5.41) is 0.541. The van der Waals surface area contributed by atoms with E-state index in [9.17, 15) is 9.59 Å². The largest absolute Gasteiger partial charge is 0.458 e. The van der Waals surface area contributed by atoms with Crippen molar-refractivity contribution in [3.8, 4) is 0 Å². The molecule has 0 amide bonds. The van der Waals surface area contributed by atoms with Crippen molar-refractivity contribution >= 4 is 29.4 Å². The van der Waals surface area contributed by atoms with Crippen LogP contribution in [0.25, 0.3) is 6.08 Å². The number of rotatable bonds is 0. The second kappa shape index (κ2) is 8.42. The molecule has 1 aromatic carbocycles. The van der Waals surface area contributed by atoms with Gasteiger partial charge in [-0.05, 0) is 63.5 Å². The van der Waals surface area contributed by atoms with Crippen molar-refractivity contribution in [2.24, 2.45) is 5.92 Å². The molecule has 2 aliphatic heterocycles. The number of carbonyl (C=O) groups is 2. The highest BCUT2D eigenvalue weighted by Crippen LogP contribution is 2.32. The lowest BCUT2D eigenvalue weighted by atomic mass is 9.98. The molecule has 0 N–H and O–H groups in total. The summed E-state index contributed by atoms with van der Waals surface area (Å²) in [5.41, 5.74) is 1.91. The number of benzene rings is 1. The number of aryl methyl sites for hydroxylation is 1.